The van der Waals surface area contributed by atoms with Crippen LogP contribution >= 0.6 is 0 Å². The van der Waals surface area contributed by atoms with Gasteiger partial charge in [-0.3, -0.25) is 4.79 Å². The Kier molecular flexibility index (Phi) is 7.34. The van der Waals surface area contributed by atoms with Crippen molar-refractivity contribution in [3.63, 3.8) is 0 Å². The van der Waals surface area contributed by atoms with Gasteiger partial charge in [0.1, 0.15) is 0 Å². The smallest absolute Gasteiger partial charge is 0.223 e. The summed E-state index contributed by atoms with van der Waals surface area (Å²) < 4.78 is 4.92. The van der Waals surface area contributed by atoms with Gasteiger partial charge >= 0.3 is 0 Å². The fourth-order valence-corrected chi connectivity index (χ4v) is 1.07. The predicted molar refractivity (Wildman–Crippen MR) is 61.9 cm³/mol. The summed E-state index contributed by atoms with van der Waals surface area (Å²) in [7, 11) is 5.49. The minimum absolute atomic E-state index is 0.180. The average molecular weight is 216 g/mol. The van der Waals surface area contributed by atoms with Crippen LogP contribution in [0.3, 0.4) is 0 Å². The van der Waals surface area contributed by atoms with Gasteiger partial charge in [-0.1, -0.05) is 0 Å². The first-order valence-electron chi connectivity index (χ1n) is 5.42. The average Bonchev–Trinajstić information content (AvgIpc) is 2.21. The first-order valence-corrected chi connectivity index (χ1v) is 5.42. The van der Waals surface area contributed by atoms with Crippen LogP contribution in [0.1, 0.15) is 20.3 Å². The first-order chi connectivity index (χ1) is 6.99. The van der Waals surface area contributed by atoms with Crippen molar-refractivity contribution < 1.29 is 9.53 Å². The Morgan fingerprint density at radius 2 is 1.87 bits per heavy atom. The second kappa shape index (κ2) is 7.65. The van der Waals surface area contributed by atoms with Crippen molar-refractivity contribution in [1.29, 1.82) is 0 Å². The molecule has 90 valence electrons. The molecular formula is C11H24N2O2. The Bertz CT molecular complexity index is 183. The minimum atomic E-state index is 0.180. The third kappa shape index (κ3) is 6.47. The van der Waals surface area contributed by atoms with Crippen LogP contribution in [-0.2, 0) is 9.53 Å². The quantitative estimate of drug-likeness (QED) is 0.631. The van der Waals surface area contributed by atoms with E-state index < -0.39 is 0 Å². The Morgan fingerprint density at radius 3 is 2.33 bits per heavy atom. The molecule has 4 heteroatoms. The molecule has 0 aliphatic heterocycles. The van der Waals surface area contributed by atoms with Crippen LogP contribution in [-0.4, -0.2) is 62.7 Å². The second-order valence-electron chi connectivity index (χ2n) is 4.13. The summed E-state index contributed by atoms with van der Waals surface area (Å²) in [5.74, 6) is 0.180. The third-order valence-corrected chi connectivity index (χ3v) is 2.62. The molecule has 0 heterocycles. The second-order valence-corrected chi connectivity index (χ2v) is 4.13. The van der Waals surface area contributed by atoms with Crippen LogP contribution < -0.4 is 0 Å². The lowest BCUT2D eigenvalue weighted by Gasteiger charge is -2.22. The largest absolute Gasteiger partial charge is 0.383 e. The molecule has 0 unspecified atom stereocenters. The highest BCUT2D eigenvalue weighted by Crippen LogP contribution is 1.97. The first kappa shape index (κ1) is 14.4. The van der Waals surface area contributed by atoms with Gasteiger partial charge in [-0.15, -0.1) is 0 Å². The molecule has 0 bridgehead atoms. The number of carbonyl (C=O) groups excluding carboxylic acids is 1. The molecule has 0 aromatic carbocycles. The topological polar surface area (TPSA) is 32.8 Å². The minimum Gasteiger partial charge on any atom is -0.383 e. The van der Waals surface area contributed by atoms with E-state index in [1.54, 1.807) is 12.0 Å². The molecule has 4 nitrogen and oxygen atoms in total. The molecule has 0 saturated carbocycles. The number of likely N-dealkylation sites (N-methyl/N-ethyl adjacent to an activating group) is 1. The molecular weight excluding hydrogens is 192 g/mol. The highest BCUT2D eigenvalue weighted by Gasteiger charge is 2.10. The number of hydrogen-bond acceptors (Lipinski definition) is 3. The van der Waals surface area contributed by atoms with Crippen molar-refractivity contribution in [3.8, 4) is 0 Å². The molecule has 1 amide bonds. The van der Waals surface area contributed by atoms with Gasteiger partial charge in [0.15, 0.2) is 0 Å². The van der Waals surface area contributed by atoms with Crippen molar-refractivity contribution in [2.45, 2.75) is 26.3 Å². The third-order valence-electron chi connectivity index (χ3n) is 2.62. The molecule has 0 aliphatic carbocycles. The molecule has 0 atom stereocenters. The van der Waals surface area contributed by atoms with Gasteiger partial charge < -0.3 is 14.5 Å². The summed E-state index contributed by atoms with van der Waals surface area (Å²) in [5.41, 5.74) is 0. The van der Waals surface area contributed by atoms with Crippen LogP contribution in [0, 0.1) is 0 Å². The van der Waals surface area contributed by atoms with E-state index in [1.807, 2.05) is 14.1 Å². The summed E-state index contributed by atoms with van der Waals surface area (Å²) in [4.78, 5) is 15.5. The summed E-state index contributed by atoms with van der Waals surface area (Å²) in [5, 5.41) is 0. The highest BCUT2D eigenvalue weighted by atomic mass is 16.5. The summed E-state index contributed by atoms with van der Waals surface area (Å²) >= 11 is 0. The van der Waals surface area contributed by atoms with Gasteiger partial charge in [0.05, 0.1) is 6.61 Å². The van der Waals surface area contributed by atoms with Crippen LogP contribution in [0.4, 0.5) is 0 Å². The lowest BCUT2D eigenvalue weighted by Crippen LogP contribution is -2.34. The molecule has 0 fully saturated rings. The van der Waals surface area contributed by atoms with E-state index in [1.165, 1.54) is 0 Å². The molecule has 0 radical (unpaired) electrons. The van der Waals surface area contributed by atoms with Crippen molar-refractivity contribution in [2.24, 2.45) is 0 Å². The standard InChI is InChI=1S/C11H24N2O2/c1-10(2)12(3)7-6-11(14)13(4)8-9-15-5/h10H,6-9H2,1-5H3. The molecule has 0 aliphatic rings. The molecule has 0 aromatic rings. The van der Waals surface area contributed by atoms with Crippen molar-refractivity contribution in [1.82, 2.24) is 9.80 Å². The Labute approximate surface area is 93.2 Å². The monoisotopic (exact) mass is 216 g/mol. The van der Waals surface area contributed by atoms with Gasteiger partial charge in [0.2, 0.25) is 5.91 Å². The lowest BCUT2D eigenvalue weighted by atomic mass is 10.3. The number of carbonyl (C=O) groups is 1. The lowest BCUT2D eigenvalue weighted by molar-refractivity contribution is -0.130. The predicted octanol–water partition coefficient (Wildman–Crippen LogP) is 0.822. The van der Waals surface area contributed by atoms with E-state index in [2.05, 4.69) is 18.7 Å². The van der Waals surface area contributed by atoms with Crippen LogP contribution in [0.15, 0.2) is 0 Å². The fourth-order valence-electron chi connectivity index (χ4n) is 1.07. The van der Waals surface area contributed by atoms with E-state index in [4.69, 9.17) is 4.74 Å². The Morgan fingerprint density at radius 1 is 1.27 bits per heavy atom. The molecule has 0 N–H and O–H groups in total. The Hall–Kier alpha value is -0.610. The van der Waals surface area contributed by atoms with Crippen LogP contribution in [0.2, 0.25) is 0 Å². The van der Waals surface area contributed by atoms with Crippen LogP contribution in [0.5, 0.6) is 0 Å². The highest BCUT2D eigenvalue weighted by molar-refractivity contribution is 5.76. The summed E-state index contributed by atoms with van der Waals surface area (Å²) in [6.45, 7) is 6.33. The molecule has 0 saturated heterocycles. The van der Waals surface area contributed by atoms with Gasteiger partial charge in [-0.05, 0) is 20.9 Å². The molecule has 0 spiro atoms. The number of ether oxygens (including phenoxy) is 1. The number of amides is 1. The maximum atomic E-state index is 11.6. The maximum Gasteiger partial charge on any atom is 0.223 e. The zero-order valence-corrected chi connectivity index (χ0v) is 10.6. The van der Waals surface area contributed by atoms with Crippen molar-refractivity contribution in [3.05, 3.63) is 0 Å². The molecule has 0 aromatic heterocycles. The zero-order valence-electron chi connectivity index (χ0n) is 10.6. The van der Waals surface area contributed by atoms with Crippen molar-refractivity contribution in [2.75, 3.05) is 40.9 Å². The van der Waals surface area contributed by atoms with Crippen molar-refractivity contribution >= 4 is 5.91 Å². The number of methoxy groups -OCH3 is 1. The zero-order chi connectivity index (χ0) is 11.8. The molecule has 0 rings (SSSR count). The summed E-state index contributed by atoms with van der Waals surface area (Å²) in [6, 6.07) is 0.488. The van der Waals surface area contributed by atoms with Gasteiger partial charge in [0.25, 0.3) is 0 Å². The summed E-state index contributed by atoms with van der Waals surface area (Å²) in [6.07, 6.45) is 0.578. The van der Waals surface area contributed by atoms with E-state index in [9.17, 15) is 4.79 Å². The Balaban J connectivity index is 3.73. The van der Waals surface area contributed by atoms with Crippen LogP contribution in [0.25, 0.3) is 0 Å². The number of hydrogen-bond donors (Lipinski definition) is 0. The van der Waals surface area contributed by atoms with E-state index >= 15 is 0 Å². The van der Waals surface area contributed by atoms with E-state index in [-0.39, 0.29) is 5.91 Å². The fraction of sp³-hybridized carbons (Fsp3) is 0.909. The number of rotatable bonds is 7. The van der Waals surface area contributed by atoms with E-state index in [0.717, 1.165) is 6.54 Å². The number of nitrogens with zero attached hydrogens (tertiary/aromatic N) is 2. The normalized spacial score (nSPS) is 11.1. The van der Waals surface area contributed by atoms with Gasteiger partial charge in [-0.2, -0.15) is 0 Å². The maximum absolute atomic E-state index is 11.6. The SMILES string of the molecule is COCCN(C)C(=O)CCN(C)C(C)C. The van der Waals surface area contributed by atoms with E-state index in [0.29, 0.717) is 25.6 Å². The van der Waals surface area contributed by atoms with Gasteiger partial charge in [-0.25, -0.2) is 0 Å². The van der Waals surface area contributed by atoms with Gasteiger partial charge in [0, 0.05) is 39.7 Å². The molecule has 15 heavy (non-hydrogen) atoms.